The molecule has 4 rings (SSSR count). The molecule has 5 nitrogen and oxygen atoms in total. The molecule has 168 valence electrons. The van der Waals surface area contributed by atoms with Gasteiger partial charge >= 0.3 is 0 Å². The molecule has 0 radical (unpaired) electrons. The summed E-state index contributed by atoms with van der Waals surface area (Å²) in [5.74, 6) is 0.0424. The van der Waals surface area contributed by atoms with E-state index in [2.05, 4.69) is 72.1 Å². The highest BCUT2D eigenvalue weighted by Crippen LogP contribution is 2.40. The minimum atomic E-state index is -0.318. The third-order valence-corrected chi connectivity index (χ3v) is 6.65. The Morgan fingerprint density at radius 3 is 2.62 bits per heavy atom. The number of amides is 1. The number of nitrogens with zero attached hydrogens (tertiary/aromatic N) is 3. The first kappa shape index (κ1) is 22.3. The highest BCUT2D eigenvalue weighted by Gasteiger charge is 2.38. The largest absolute Gasteiger partial charge is 0.358 e. The van der Waals surface area contributed by atoms with Crippen LogP contribution in [0.15, 0.2) is 54.6 Å². The van der Waals surface area contributed by atoms with Crippen LogP contribution in [0.1, 0.15) is 59.1 Å². The molecule has 2 atom stereocenters. The Hall–Kier alpha value is -2.92. The Bertz CT molecular complexity index is 1070. The molecule has 1 aliphatic heterocycles. The second-order valence-electron chi connectivity index (χ2n) is 8.72. The van der Waals surface area contributed by atoms with Gasteiger partial charge in [-0.2, -0.15) is 5.10 Å². The van der Waals surface area contributed by atoms with E-state index in [0.29, 0.717) is 0 Å². The lowest BCUT2D eigenvalue weighted by atomic mass is 9.88. The van der Waals surface area contributed by atoms with Crippen LogP contribution in [-0.4, -0.2) is 34.2 Å². The summed E-state index contributed by atoms with van der Waals surface area (Å²) in [7, 11) is 1.73. The van der Waals surface area contributed by atoms with Gasteiger partial charge in [-0.15, -0.1) is 0 Å². The van der Waals surface area contributed by atoms with Gasteiger partial charge in [-0.1, -0.05) is 60.2 Å². The van der Waals surface area contributed by atoms with E-state index in [1.807, 2.05) is 18.2 Å². The first-order chi connectivity index (χ1) is 15.5. The maximum absolute atomic E-state index is 13.2. The molecule has 2 aromatic carbocycles. The fourth-order valence-corrected chi connectivity index (χ4v) is 5.21. The van der Waals surface area contributed by atoms with Crippen molar-refractivity contribution in [3.63, 3.8) is 0 Å². The number of benzene rings is 2. The van der Waals surface area contributed by atoms with Crippen molar-refractivity contribution in [3.8, 4) is 0 Å². The molecule has 2 heterocycles. The molecule has 1 N–H and O–H groups in total. The molecule has 1 aromatic heterocycles. The van der Waals surface area contributed by atoms with Crippen molar-refractivity contribution in [3.05, 3.63) is 88.2 Å². The molecule has 1 amide bonds. The van der Waals surface area contributed by atoms with Gasteiger partial charge in [0.1, 0.15) is 6.04 Å². The second-order valence-corrected chi connectivity index (χ2v) is 8.72. The number of hydrogen-bond acceptors (Lipinski definition) is 3. The van der Waals surface area contributed by atoms with E-state index in [1.165, 1.54) is 22.4 Å². The van der Waals surface area contributed by atoms with E-state index in [-0.39, 0.29) is 18.0 Å². The van der Waals surface area contributed by atoms with Gasteiger partial charge in [0.2, 0.25) is 5.91 Å². The van der Waals surface area contributed by atoms with E-state index in [0.717, 1.165) is 43.6 Å². The van der Waals surface area contributed by atoms with Crippen LogP contribution in [0.25, 0.3) is 0 Å². The number of nitrogens with one attached hydrogen (secondary N) is 1. The maximum Gasteiger partial charge on any atom is 0.241 e. The number of likely N-dealkylation sites (N-methyl/N-ethyl adjacent to an activating group) is 1. The average Bonchev–Trinajstić information content (AvgIpc) is 3.14. The molecule has 0 saturated carbocycles. The van der Waals surface area contributed by atoms with Crippen molar-refractivity contribution in [2.75, 3.05) is 13.6 Å². The zero-order chi connectivity index (χ0) is 22.7. The molecule has 5 heteroatoms. The van der Waals surface area contributed by atoms with Gasteiger partial charge < -0.3 is 5.32 Å². The number of rotatable bonds is 7. The molecular weight excluding hydrogens is 396 g/mol. The quantitative estimate of drug-likeness (QED) is 0.599. The van der Waals surface area contributed by atoms with Gasteiger partial charge in [-0.25, -0.2) is 0 Å². The van der Waals surface area contributed by atoms with E-state index < -0.39 is 0 Å². The van der Waals surface area contributed by atoms with Gasteiger partial charge in [-0.05, 0) is 44.7 Å². The number of aryl methyl sites for hydroxylation is 4. The molecule has 32 heavy (non-hydrogen) atoms. The monoisotopic (exact) mass is 430 g/mol. The summed E-state index contributed by atoms with van der Waals surface area (Å²) in [6, 6.07) is 18.7. The van der Waals surface area contributed by atoms with Crippen molar-refractivity contribution in [2.24, 2.45) is 0 Å². The first-order valence-corrected chi connectivity index (χ1v) is 11.7. The summed E-state index contributed by atoms with van der Waals surface area (Å²) in [6.07, 6.45) is 2.83. The highest BCUT2D eigenvalue weighted by molar-refractivity contribution is 5.83. The van der Waals surface area contributed by atoms with Crippen LogP contribution in [0.2, 0.25) is 0 Å². The number of carbonyl (C=O) groups is 1. The number of hydrogen-bond donors (Lipinski definition) is 1. The lowest BCUT2D eigenvalue weighted by molar-refractivity contribution is -0.127. The van der Waals surface area contributed by atoms with Crippen LogP contribution < -0.4 is 5.32 Å². The predicted molar refractivity (Wildman–Crippen MR) is 129 cm³/mol. The zero-order valence-electron chi connectivity index (χ0n) is 19.6. The Morgan fingerprint density at radius 1 is 1.16 bits per heavy atom. The van der Waals surface area contributed by atoms with E-state index in [1.54, 1.807) is 7.05 Å². The van der Waals surface area contributed by atoms with Gasteiger partial charge in [0, 0.05) is 43.9 Å². The summed E-state index contributed by atoms with van der Waals surface area (Å²) in [6.45, 7) is 8.12. The normalized spacial score (nSPS) is 17.1. The third-order valence-electron chi connectivity index (χ3n) is 6.65. The standard InChI is InChI=1S/C27H34N4O/c1-5-31-24-16-17-30(26(27(32)28-4)22-12-7-6-8-13-22)23(25(24)20(3)29-31)15-14-21-11-9-10-19(2)18-21/h6-13,18,23,26H,5,14-17H2,1-4H3,(H,28,32)/t23?,26-/m1/s1. The second kappa shape index (κ2) is 9.70. The fourth-order valence-electron chi connectivity index (χ4n) is 5.21. The first-order valence-electron chi connectivity index (χ1n) is 11.7. The molecule has 0 aliphatic carbocycles. The Morgan fingerprint density at radius 2 is 1.94 bits per heavy atom. The molecule has 0 fully saturated rings. The maximum atomic E-state index is 13.2. The minimum Gasteiger partial charge on any atom is -0.358 e. The molecule has 0 saturated heterocycles. The van der Waals surface area contributed by atoms with Crippen LogP contribution in [0.4, 0.5) is 0 Å². The topological polar surface area (TPSA) is 50.2 Å². The van der Waals surface area contributed by atoms with Crippen molar-refractivity contribution in [2.45, 2.75) is 58.7 Å². The Balaban J connectivity index is 1.75. The number of fused-ring (bicyclic) bond motifs is 1. The van der Waals surface area contributed by atoms with Gasteiger partial charge in [0.05, 0.1) is 5.69 Å². The van der Waals surface area contributed by atoms with E-state index in [9.17, 15) is 4.79 Å². The van der Waals surface area contributed by atoms with Crippen molar-refractivity contribution in [1.29, 1.82) is 0 Å². The number of aromatic nitrogens is 2. The van der Waals surface area contributed by atoms with Crippen molar-refractivity contribution >= 4 is 5.91 Å². The Labute approximate surface area is 191 Å². The summed E-state index contributed by atoms with van der Waals surface area (Å²) in [4.78, 5) is 15.6. The van der Waals surface area contributed by atoms with Crippen LogP contribution in [0.3, 0.4) is 0 Å². The smallest absolute Gasteiger partial charge is 0.241 e. The zero-order valence-corrected chi connectivity index (χ0v) is 19.6. The summed E-state index contributed by atoms with van der Waals surface area (Å²) in [5, 5.41) is 7.77. The molecule has 1 aliphatic rings. The van der Waals surface area contributed by atoms with E-state index in [4.69, 9.17) is 5.10 Å². The highest BCUT2D eigenvalue weighted by atomic mass is 16.2. The predicted octanol–water partition coefficient (Wildman–Crippen LogP) is 4.54. The van der Waals surface area contributed by atoms with E-state index >= 15 is 0 Å². The van der Waals surface area contributed by atoms with Gasteiger partial charge in [0.15, 0.2) is 0 Å². The SMILES string of the molecule is CCn1nc(C)c2c1CCN([C@@H](C(=O)NC)c1ccccc1)C2CCc1cccc(C)c1. The van der Waals surface area contributed by atoms with Crippen LogP contribution in [-0.2, 0) is 24.2 Å². The minimum absolute atomic E-state index is 0.0424. The van der Waals surface area contributed by atoms with Crippen molar-refractivity contribution in [1.82, 2.24) is 20.0 Å². The Kier molecular flexibility index (Phi) is 6.75. The molecule has 0 spiro atoms. The average molecular weight is 431 g/mol. The number of carbonyl (C=O) groups excluding carboxylic acids is 1. The summed E-state index contributed by atoms with van der Waals surface area (Å²) in [5.41, 5.74) is 7.40. The summed E-state index contributed by atoms with van der Waals surface area (Å²) < 4.78 is 2.15. The van der Waals surface area contributed by atoms with Gasteiger partial charge in [0.25, 0.3) is 0 Å². The molecular formula is C27H34N4O. The van der Waals surface area contributed by atoms with Crippen LogP contribution in [0, 0.1) is 13.8 Å². The molecule has 0 bridgehead atoms. The molecule has 1 unspecified atom stereocenters. The molecule has 3 aromatic rings. The lowest BCUT2D eigenvalue weighted by Crippen LogP contribution is -2.45. The van der Waals surface area contributed by atoms with Crippen LogP contribution in [0.5, 0.6) is 0 Å². The third kappa shape index (κ3) is 4.35. The van der Waals surface area contributed by atoms with Gasteiger partial charge in [-0.3, -0.25) is 14.4 Å². The lowest BCUT2D eigenvalue weighted by Gasteiger charge is -2.41. The fraction of sp³-hybridized carbons (Fsp3) is 0.407. The van der Waals surface area contributed by atoms with Crippen molar-refractivity contribution < 1.29 is 4.79 Å². The van der Waals surface area contributed by atoms with Crippen LogP contribution >= 0.6 is 0 Å². The summed E-state index contributed by atoms with van der Waals surface area (Å²) >= 11 is 0.